The lowest BCUT2D eigenvalue weighted by molar-refractivity contribution is 0.314. The van der Waals surface area contributed by atoms with Gasteiger partial charge in [-0.25, -0.2) is 4.39 Å². The van der Waals surface area contributed by atoms with Gasteiger partial charge in [-0.2, -0.15) is 0 Å². The van der Waals surface area contributed by atoms with Crippen LogP contribution in [-0.2, 0) is 6.54 Å². The van der Waals surface area contributed by atoms with Crippen molar-refractivity contribution in [2.45, 2.75) is 13.0 Å². The van der Waals surface area contributed by atoms with Crippen molar-refractivity contribution in [1.82, 2.24) is 9.88 Å². The van der Waals surface area contributed by atoms with Crippen LogP contribution >= 0.6 is 0 Å². The van der Waals surface area contributed by atoms with Crippen molar-refractivity contribution in [3.8, 4) is 0 Å². The molecule has 2 heterocycles. The van der Waals surface area contributed by atoms with E-state index in [1.807, 2.05) is 0 Å². The van der Waals surface area contributed by atoms with Crippen LogP contribution in [0.5, 0.6) is 0 Å². The van der Waals surface area contributed by atoms with E-state index in [2.05, 4.69) is 9.88 Å². The number of fused-ring (bicyclic) bond motifs is 1. The van der Waals surface area contributed by atoms with E-state index in [0.29, 0.717) is 29.9 Å². The van der Waals surface area contributed by atoms with Crippen LogP contribution in [-0.4, -0.2) is 29.5 Å². The second kappa shape index (κ2) is 5.34. The molecule has 0 spiro atoms. The van der Waals surface area contributed by atoms with E-state index in [0.717, 1.165) is 25.2 Å². The number of nitrogens with zero attached hydrogens (tertiary/aromatic N) is 1. The van der Waals surface area contributed by atoms with Gasteiger partial charge in [-0.1, -0.05) is 0 Å². The van der Waals surface area contributed by atoms with Gasteiger partial charge in [0.25, 0.3) is 0 Å². The van der Waals surface area contributed by atoms with Crippen LogP contribution in [0.4, 0.5) is 4.39 Å². The lowest BCUT2D eigenvalue weighted by Gasteiger charge is -2.15. The van der Waals surface area contributed by atoms with E-state index < -0.39 is 0 Å². The number of nitrogens with two attached hydrogens (primary N) is 1. The third-order valence-electron chi connectivity index (χ3n) is 3.94. The number of likely N-dealkylation sites (tertiary alicyclic amines) is 1. The Morgan fingerprint density at radius 1 is 1.40 bits per heavy atom. The molecule has 2 aromatic rings. The van der Waals surface area contributed by atoms with Crippen LogP contribution in [0, 0.1) is 11.7 Å². The van der Waals surface area contributed by atoms with Crippen molar-refractivity contribution < 1.29 is 4.39 Å². The number of nitrogens with one attached hydrogen (secondary N) is 1. The molecule has 3 N–H and O–H groups in total. The molecule has 0 amide bonds. The zero-order valence-electron chi connectivity index (χ0n) is 11.2. The fraction of sp³-hybridized carbons (Fsp3) is 0.400. The predicted octanol–water partition coefficient (Wildman–Crippen LogP) is 1.45. The summed E-state index contributed by atoms with van der Waals surface area (Å²) in [6, 6.07) is 5.82. The number of halogens is 1. The van der Waals surface area contributed by atoms with Gasteiger partial charge in [0.2, 0.25) is 0 Å². The maximum Gasteiger partial charge on any atom is 0.189 e. The summed E-state index contributed by atoms with van der Waals surface area (Å²) >= 11 is 0. The van der Waals surface area contributed by atoms with E-state index in [9.17, 15) is 9.18 Å². The summed E-state index contributed by atoms with van der Waals surface area (Å²) in [6.45, 7) is 3.40. The molecule has 1 atom stereocenters. The molecule has 0 saturated carbocycles. The third kappa shape index (κ3) is 2.59. The number of rotatable bonds is 3. The summed E-state index contributed by atoms with van der Waals surface area (Å²) in [7, 11) is 0. The van der Waals surface area contributed by atoms with Crippen molar-refractivity contribution in [2.24, 2.45) is 11.7 Å². The molecule has 1 aliphatic heterocycles. The van der Waals surface area contributed by atoms with Crippen molar-refractivity contribution >= 4 is 10.9 Å². The highest BCUT2D eigenvalue weighted by molar-refractivity contribution is 5.78. The van der Waals surface area contributed by atoms with Gasteiger partial charge in [-0.15, -0.1) is 0 Å². The van der Waals surface area contributed by atoms with Crippen molar-refractivity contribution in [3.05, 3.63) is 46.0 Å². The molecule has 0 aliphatic carbocycles. The Morgan fingerprint density at radius 2 is 2.25 bits per heavy atom. The Kier molecular flexibility index (Phi) is 3.54. The summed E-state index contributed by atoms with van der Waals surface area (Å²) < 4.78 is 13.2. The van der Waals surface area contributed by atoms with Gasteiger partial charge in [0.15, 0.2) is 5.43 Å². The van der Waals surface area contributed by atoms with E-state index in [-0.39, 0.29) is 11.2 Å². The lowest BCUT2D eigenvalue weighted by atomic mass is 10.1. The number of hydrogen-bond donors (Lipinski definition) is 2. The molecule has 4 nitrogen and oxygen atoms in total. The Labute approximate surface area is 116 Å². The minimum absolute atomic E-state index is 0.136. The topological polar surface area (TPSA) is 62.1 Å². The Bertz CT molecular complexity index is 682. The molecule has 1 fully saturated rings. The molecule has 0 bridgehead atoms. The van der Waals surface area contributed by atoms with E-state index in [1.54, 1.807) is 12.1 Å². The van der Waals surface area contributed by atoms with E-state index in [1.165, 1.54) is 12.1 Å². The predicted molar refractivity (Wildman–Crippen MR) is 77.0 cm³/mol. The number of benzene rings is 1. The maximum absolute atomic E-state index is 13.2. The fourth-order valence-corrected chi connectivity index (χ4v) is 2.85. The summed E-state index contributed by atoms with van der Waals surface area (Å²) in [4.78, 5) is 17.5. The number of pyridine rings is 1. The smallest absolute Gasteiger partial charge is 0.189 e. The fourth-order valence-electron chi connectivity index (χ4n) is 2.85. The largest absolute Gasteiger partial charge is 0.357 e. The number of aromatic amines is 1. The first kappa shape index (κ1) is 13.3. The molecule has 1 aliphatic rings. The molecular formula is C15H18FN3O. The zero-order chi connectivity index (χ0) is 14.1. The maximum atomic E-state index is 13.2. The molecule has 0 unspecified atom stereocenters. The van der Waals surface area contributed by atoms with Gasteiger partial charge >= 0.3 is 0 Å². The summed E-state index contributed by atoms with van der Waals surface area (Å²) in [5, 5.41) is 0.398. The van der Waals surface area contributed by atoms with Gasteiger partial charge in [0.05, 0.1) is 0 Å². The van der Waals surface area contributed by atoms with Gasteiger partial charge in [-0.05, 0) is 43.6 Å². The average Bonchev–Trinajstić information content (AvgIpc) is 2.87. The highest BCUT2D eigenvalue weighted by Crippen LogP contribution is 2.17. The Morgan fingerprint density at radius 3 is 3.00 bits per heavy atom. The molecule has 20 heavy (non-hydrogen) atoms. The van der Waals surface area contributed by atoms with Crippen LogP contribution in [0.2, 0.25) is 0 Å². The SMILES string of the molecule is NC[C@H]1CCN(Cc2cc(=O)c3cc(F)ccc3[nH]2)C1. The first-order valence-electron chi connectivity index (χ1n) is 6.89. The molecule has 3 rings (SSSR count). The normalized spacial score (nSPS) is 19.8. The molecule has 1 aromatic heterocycles. The summed E-state index contributed by atoms with van der Waals surface area (Å²) in [5.74, 6) is 0.164. The second-order valence-corrected chi connectivity index (χ2v) is 5.47. The van der Waals surface area contributed by atoms with Gasteiger partial charge in [-0.3, -0.25) is 9.69 Å². The van der Waals surface area contributed by atoms with Crippen molar-refractivity contribution in [1.29, 1.82) is 0 Å². The molecule has 1 aromatic carbocycles. The highest BCUT2D eigenvalue weighted by atomic mass is 19.1. The van der Waals surface area contributed by atoms with Crippen molar-refractivity contribution in [3.63, 3.8) is 0 Å². The third-order valence-corrected chi connectivity index (χ3v) is 3.94. The molecule has 1 saturated heterocycles. The van der Waals surface area contributed by atoms with Crippen LogP contribution in [0.1, 0.15) is 12.1 Å². The number of H-pyrrole nitrogens is 1. The van der Waals surface area contributed by atoms with E-state index >= 15 is 0 Å². The number of hydrogen-bond acceptors (Lipinski definition) is 3. The molecular weight excluding hydrogens is 257 g/mol. The van der Waals surface area contributed by atoms with Gasteiger partial charge in [0.1, 0.15) is 5.82 Å². The first-order chi connectivity index (χ1) is 9.65. The van der Waals surface area contributed by atoms with Crippen LogP contribution in [0.25, 0.3) is 10.9 Å². The monoisotopic (exact) mass is 275 g/mol. The summed E-state index contributed by atoms with van der Waals surface area (Å²) in [6.07, 6.45) is 1.11. The van der Waals surface area contributed by atoms with Crippen LogP contribution < -0.4 is 11.2 Å². The standard InChI is InChI=1S/C15H18FN3O/c16-11-1-2-14-13(5-11)15(20)6-12(18-14)9-19-4-3-10(7-17)8-19/h1-2,5-6,10H,3-4,7-9,17H2,(H,18,20)/t10-/m1/s1. The Balaban J connectivity index is 1.86. The average molecular weight is 275 g/mol. The first-order valence-corrected chi connectivity index (χ1v) is 6.89. The minimum Gasteiger partial charge on any atom is -0.357 e. The van der Waals surface area contributed by atoms with E-state index in [4.69, 9.17) is 5.73 Å². The Hall–Kier alpha value is -1.72. The quantitative estimate of drug-likeness (QED) is 0.891. The second-order valence-electron chi connectivity index (χ2n) is 5.47. The van der Waals surface area contributed by atoms with Crippen LogP contribution in [0.15, 0.2) is 29.1 Å². The van der Waals surface area contributed by atoms with Crippen molar-refractivity contribution in [2.75, 3.05) is 19.6 Å². The van der Waals surface area contributed by atoms with Gasteiger partial charge < -0.3 is 10.7 Å². The van der Waals surface area contributed by atoms with Gasteiger partial charge in [0, 0.05) is 35.8 Å². The van der Waals surface area contributed by atoms with Crippen LogP contribution in [0.3, 0.4) is 0 Å². The molecule has 106 valence electrons. The minimum atomic E-state index is -0.388. The highest BCUT2D eigenvalue weighted by Gasteiger charge is 2.21. The summed E-state index contributed by atoms with van der Waals surface area (Å²) in [5.41, 5.74) is 7.10. The zero-order valence-corrected chi connectivity index (χ0v) is 11.2. The number of aromatic nitrogens is 1. The lowest BCUT2D eigenvalue weighted by Crippen LogP contribution is -2.24. The molecule has 0 radical (unpaired) electrons. The molecule has 5 heteroatoms.